The van der Waals surface area contributed by atoms with Gasteiger partial charge in [0.2, 0.25) is 0 Å². The van der Waals surface area contributed by atoms with Gasteiger partial charge >= 0.3 is 5.97 Å². The molecule has 0 radical (unpaired) electrons. The molecule has 1 N–H and O–H groups in total. The van der Waals surface area contributed by atoms with E-state index in [1.165, 1.54) is 0 Å². The van der Waals surface area contributed by atoms with E-state index in [-0.39, 0.29) is 16.5 Å². The molecule has 1 rings (SSSR count). The third-order valence-corrected chi connectivity index (χ3v) is 4.02. The van der Waals surface area contributed by atoms with E-state index >= 15 is 0 Å². The molecule has 0 aromatic carbocycles. The summed E-state index contributed by atoms with van der Waals surface area (Å²) in [7, 11) is 0. The lowest BCUT2D eigenvalue weighted by Crippen LogP contribution is -2.33. The predicted molar refractivity (Wildman–Crippen MR) is 62.5 cm³/mol. The zero-order valence-electron chi connectivity index (χ0n) is 8.46. The highest BCUT2D eigenvalue weighted by atomic mass is 127. The molecule has 4 heteroatoms. The Kier molecular flexibility index (Phi) is 4.63. The fourth-order valence-electron chi connectivity index (χ4n) is 1.64. The molecule has 1 aliphatic carbocycles. The lowest BCUT2D eigenvalue weighted by atomic mass is 10.0. The van der Waals surface area contributed by atoms with Crippen LogP contribution >= 0.6 is 22.6 Å². The van der Waals surface area contributed by atoms with Crippen molar-refractivity contribution < 1.29 is 14.6 Å². The second-order valence-corrected chi connectivity index (χ2v) is 5.42. The van der Waals surface area contributed by atoms with Crippen LogP contribution in [0.25, 0.3) is 0 Å². The summed E-state index contributed by atoms with van der Waals surface area (Å²) in [5.74, 6) is -0.201. The van der Waals surface area contributed by atoms with Crippen molar-refractivity contribution in [1.82, 2.24) is 0 Å². The standard InChI is InChI=1S/C10H17IO3/c1-2-8(11)9(12)14-7-10(13)5-3-4-6-10/h8,13H,2-7H2,1H3. The van der Waals surface area contributed by atoms with Crippen molar-refractivity contribution in [2.24, 2.45) is 0 Å². The molecule has 1 unspecified atom stereocenters. The predicted octanol–water partition coefficient (Wildman–Crippen LogP) is 2.05. The molecule has 0 heterocycles. The summed E-state index contributed by atoms with van der Waals surface area (Å²) in [4.78, 5) is 11.3. The largest absolute Gasteiger partial charge is 0.462 e. The maximum absolute atomic E-state index is 11.3. The molecule has 82 valence electrons. The Morgan fingerprint density at radius 2 is 2.14 bits per heavy atom. The molecule has 0 saturated heterocycles. The molecule has 0 spiro atoms. The number of carbonyl (C=O) groups excluding carboxylic acids is 1. The molecule has 0 aromatic rings. The van der Waals surface area contributed by atoms with E-state index < -0.39 is 5.60 Å². The van der Waals surface area contributed by atoms with Crippen LogP contribution in [0.15, 0.2) is 0 Å². The Morgan fingerprint density at radius 1 is 1.57 bits per heavy atom. The van der Waals surface area contributed by atoms with Gasteiger partial charge in [0.05, 0.1) is 5.60 Å². The molecule has 1 saturated carbocycles. The fraction of sp³-hybridized carbons (Fsp3) is 0.900. The van der Waals surface area contributed by atoms with Crippen LogP contribution in [0.2, 0.25) is 0 Å². The second-order valence-electron chi connectivity index (χ2n) is 3.91. The van der Waals surface area contributed by atoms with Gasteiger partial charge in [0.25, 0.3) is 0 Å². The first-order valence-electron chi connectivity index (χ1n) is 5.10. The van der Waals surface area contributed by atoms with E-state index in [1.807, 2.05) is 6.92 Å². The molecular formula is C10H17IO3. The van der Waals surface area contributed by atoms with Crippen LogP contribution in [0.4, 0.5) is 0 Å². The van der Waals surface area contributed by atoms with Crippen molar-refractivity contribution in [2.45, 2.75) is 48.6 Å². The van der Waals surface area contributed by atoms with E-state index in [9.17, 15) is 9.90 Å². The Balaban J connectivity index is 2.29. The molecule has 14 heavy (non-hydrogen) atoms. The first-order chi connectivity index (χ1) is 6.57. The van der Waals surface area contributed by atoms with Crippen LogP contribution in [-0.4, -0.2) is 27.2 Å². The minimum Gasteiger partial charge on any atom is -0.462 e. The van der Waals surface area contributed by atoms with Crippen LogP contribution in [-0.2, 0) is 9.53 Å². The first kappa shape index (κ1) is 12.2. The molecule has 1 aliphatic rings. The van der Waals surface area contributed by atoms with E-state index in [0.717, 1.165) is 32.1 Å². The summed E-state index contributed by atoms with van der Waals surface area (Å²) in [6.45, 7) is 2.12. The van der Waals surface area contributed by atoms with Crippen molar-refractivity contribution >= 4 is 28.6 Å². The van der Waals surface area contributed by atoms with Crippen molar-refractivity contribution in [3.8, 4) is 0 Å². The van der Waals surface area contributed by atoms with Gasteiger partial charge in [-0.2, -0.15) is 0 Å². The molecule has 1 atom stereocenters. The van der Waals surface area contributed by atoms with Crippen LogP contribution < -0.4 is 0 Å². The zero-order valence-corrected chi connectivity index (χ0v) is 10.6. The second kappa shape index (κ2) is 5.30. The number of aliphatic hydroxyl groups is 1. The minimum absolute atomic E-state index is 0.0856. The maximum Gasteiger partial charge on any atom is 0.318 e. The summed E-state index contributed by atoms with van der Waals surface area (Å²) in [5, 5.41) is 9.91. The Morgan fingerprint density at radius 3 is 2.64 bits per heavy atom. The monoisotopic (exact) mass is 312 g/mol. The van der Waals surface area contributed by atoms with Crippen molar-refractivity contribution in [3.63, 3.8) is 0 Å². The number of halogens is 1. The summed E-state index contributed by atoms with van der Waals surface area (Å²) in [5.41, 5.74) is -0.736. The summed E-state index contributed by atoms with van der Waals surface area (Å²) in [6, 6.07) is 0. The van der Waals surface area contributed by atoms with Gasteiger partial charge < -0.3 is 9.84 Å². The van der Waals surface area contributed by atoms with Crippen LogP contribution in [0, 0.1) is 0 Å². The van der Waals surface area contributed by atoms with Crippen molar-refractivity contribution in [1.29, 1.82) is 0 Å². The number of esters is 1. The Labute approximate surface area is 98.3 Å². The fourth-order valence-corrected chi connectivity index (χ4v) is 1.82. The van der Waals surface area contributed by atoms with E-state index in [4.69, 9.17) is 4.74 Å². The van der Waals surface area contributed by atoms with Crippen molar-refractivity contribution in [2.75, 3.05) is 6.61 Å². The normalized spacial score (nSPS) is 21.9. The van der Waals surface area contributed by atoms with Crippen molar-refractivity contribution in [3.05, 3.63) is 0 Å². The first-order valence-corrected chi connectivity index (χ1v) is 6.35. The van der Waals surface area contributed by atoms with E-state index in [0.29, 0.717) is 0 Å². The van der Waals surface area contributed by atoms with Gasteiger partial charge in [0.15, 0.2) is 0 Å². The zero-order chi connectivity index (χ0) is 10.6. The van der Waals surface area contributed by atoms with Crippen LogP contribution in [0.1, 0.15) is 39.0 Å². The highest BCUT2D eigenvalue weighted by molar-refractivity contribution is 14.1. The summed E-state index contributed by atoms with van der Waals surface area (Å²) in [6.07, 6.45) is 4.37. The topological polar surface area (TPSA) is 46.5 Å². The maximum atomic E-state index is 11.3. The number of hydrogen-bond donors (Lipinski definition) is 1. The summed E-state index contributed by atoms with van der Waals surface area (Å²) < 4.78 is 5.00. The van der Waals surface area contributed by atoms with Gasteiger partial charge in [-0.25, -0.2) is 0 Å². The molecule has 0 amide bonds. The van der Waals surface area contributed by atoms with Crippen LogP contribution in [0.3, 0.4) is 0 Å². The minimum atomic E-state index is -0.736. The van der Waals surface area contributed by atoms with Gasteiger partial charge in [-0.15, -0.1) is 0 Å². The average molecular weight is 312 g/mol. The third kappa shape index (κ3) is 3.38. The van der Waals surface area contributed by atoms with E-state index in [2.05, 4.69) is 22.6 Å². The number of ether oxygens (including phenoxy) is 1. The lowest BCUT2D eigenvalue weighted by molar-refractivity contribution is -0.150. The Hall–Kier alpha value is 0.160. The average Bonchev–Trinajstić information content (AvgIpc) is 2.61. The van der Waals surface area contributed by atoms with Gasteiger partial charge in [-0.1, -0.05) is 42.4 Å². The van der Waals surface area contributed by atoms with Crippen LogP contribution in [0.5, 0.6) is 0 Å². The molecule has 0 bridgehead atoms. The molecule has 0 aromatic heterocycles. The molecule has 0 aliphatic heterocycles. The molecular weight excluding hydrogens is 295 g/mol. The Bertz CT molecular complexity index is 200. The van der Waals surface area contributed by atoms with E-state index in [1.54, 1.807) is 0 Å². The van der Waals surface area contributed by atoms with Gasteiger partial charge in [0.1, 0.15) is 10.5 Å². The van der Waals surface area contributed by atoms with Gasteiger partial charge in [-0.3, -0.25) is 4.79 Å². The smallest absolute Gasteiger partial charge is 0.318 e. The van der Waals surface area contributed by atoms with Gasteiger partial charge in [-0.05, 0) is 19.3 Å². The number of alkyl halides is 1. The number of carbonyl (C=O) groups is 1. The highest BCUT2D eigenvalue weighted by Gasteiger charge is 2.33. The van der Waals surface area contributed by atoms with Gasteiger partial charge in [0, 0.05) is 0 Å². The molecule has 1 fully saturated rings. The quantitative estimate of drug-likeness (QED) is 0.491. The third-order valence-electron chi connectivity index (χ3n) is 2.63. The molecule has 3 nitrogen and oxygen atoms in total. The highest BCUT2D eigenvalue weighted by Crippen LogP contribution is 2.29. The number of hydrogen-bond acceptors (Lipinski definition) is 3. The SMILES string of the molecule is CCC(I)C(=O)OCC1(O)CCCC1. The number of rotatable bonds is 4. The summed E-state index contributed by atoms with van der Waals surface area (Å²) >= 11 is 2.07. The lowest BCUT2D eigenvalue weighted by Gasteiger charge is -2.22.